The summed E-state index contributed by atoms with van der Waals surface area (Å²) in [4.78, 5) is 0. The van der Waals surface area contributed by atoms with Crippen LogP contribution in [0.5, 0.6) is 5.75 Å². The molecule has 0 aliphatic heterocycles. The van der Waals surface area contributed by atoms with E-state index in [4.69, 9.17) is 9.84 Å². The zero-order valence-corrected chi connectivity index (χ0v) is 10.5. The van der Waals surface area contributed by atoms with Gasteiger partial charge in [-0.3, -0.25) is 4.68 Å². The van der Waals surface area contributed by atoms with Crippen LogP contribution in [0.4, 0.5) is 13.2 Å². The average molecular weight is 286 g/mol. The molecule has 0 bridgehead atoms. The van der Waals surface area contributed by atoms with Crippen molar-refractivity contribution >= 4 is 0 Å². The molecule has 1 aromatic carbocycles. The van der Waals surface area contributed by atoms with E-state index in [1.807, 2.05) is 0 Å². The summed E-state index contributed by atoms with van der Waals surface area (Å²) < 4.78 is 45.4. The minimum atomic E-state index is -4.52. The molecule has 2 aromatic rings. The number of rotatable bonds is 5. The van der Waals surface area contributed by atoms with Crippen molar-refractivity contribution in [1.29, 1.82) is 0 Å². The normalized spacial score (nSPS) is 11.6. The van der Waals surface area contributed by atoms with Crippen LogP contribution in [0, 0.1) is 0 Å². The molecule has 0 saturated heterocycles. The van der Waals surface area contributed by atoms with Crippen LogP contribution < -0.4 is 4.74 Å². The standard InChI is InChI=1S/C13H13F3N2O2/c14-13(15,16)11-8-10(9-19)2-3-12(11)20-7-6-18-5-1-4-17-18/h1-5,8,19H,6-7,9H2. The van der Waals surface area contributed by atoms with Gasteiger partial charge in [0.2, 0.25) is 0 Å². The molecule has 0 radical (unpaired) electrons. The van der Waals surface area contributed by atoms with E-state index in [9.17, 15) is 13.2 Å². The number of aromatic nitrogens is 2. The van der Waals surface area contributed by atoms with Crippen LogP contribution in [0.3, 0.4) is 0 Å². The molecule has 0 aliphatic rings. The van der Waals surface area contributed by atoms with Crippen molar-refractivity contribution < 1.29 is 23.0 Å². The molecule has 2 rings (SSSR count). The van der Waals surface area contributed by atoms with Gasteiger partial charge in [-0.05, 0) is 23.8 Å². The highest BCUT2D eigenvalue weighted by molar-refractivity contribution is 5.39. The Balaban J connectivity index is 2.10. The smallest absolute Gasteiger partial charge is 0.419 e. The number of halogens is 3. The first-order chi connectivity index (χ1) is 9.50. The lowest BCUT2D eigenvalue weighted by Crippen LogP contribution is -2.13. The molecular formula is C13H13F3N2O2. The van der Waals surface area contributed by atoms with Crippen molar-refractivity contribution in [2.24, 2.45) is 0 Å². The summed E-state index contributed by atoms with van der Waals surface area (Å²) in [5, 5.41) is 12.8. The minimum Gasteiger partial charge on any atom is -0.491 e. The number of aliphatic hydroxyl groups is 1. The van der Waals surface area contributed by atoms with Crippen molar-refractivity contribution in [3.05, 3.63) is 47.8 Å². The number of alkyl halides is 3. The molecule has 0 fully saturated rings. The van der Waals surface area contributed by atoms with E-state index in [0.717, 1.165) is 6.07 Å². The van der Waals surface area contributed by atoms with Gasteiger partial charge in [-0.15, -0.1) is 0 Å². The van der Waals surface area contributed by atoms with Crippen LogP contribution in [0.25, 0.3) is 0 Å². The molecule has 4 nitrogen and oxygen atoms in total. The molecule has 0 amide bonds. The van der Waals surface area contributed by atoms with Gasteiger partial charge in [-0.1, -0.05) is 6.07 Å². The Kier molecular flexibility index (Phi) is 4.29. The number of benzene rings is 1. The van der Waals surface area contributed by atoms with Crippen molar-refractivity contribution in [3.63, 3.8) is 0 Å². The molecule has 7 heteroatoms. The molecule has 0 aliphatic carbocycles. The van der Waals surface area contributed by atoms with E-state index < -0.39 is 18.3 Å². The lowest BCUT2D eigenvalue weighted by Gasteiger charge is -2.15. The third kappa shape index (κ3) is 3.51. The molecule has 1 aromatic heterocycles. The quantitative estimate of drug-likeness (QED) is 0.918. The zero-order chi connectivity index (χ0) is 14.6. The summed E-state index contributed by atoms with van der Waals surface area (Å²) in [6.07, 6.45) is -1.24. The first-order valence-electron chi connectivity index (χ1n) is 5.92. The highest BCUT2D eigenvalue weighted by atomic mass is 19.4. The fourth-order valence-electron chi connectivity index (χ4n) is 1.70. The second kappa shape index (κ2) is 5.96. The Hall–Kier alpha value is -2.02. The van der Waals surface area contributed by atoms with Gasteiger partial charge in [0, 0.05) is 12.4 Å². The van der Waals surface area contributed by atoms with E-state index in [-0.39, 0.29) is 17.9 Å². The van der Waals surface area contributed by atoms with Crippen molar-refractivity contribution in [2.45, 2.75) is 19.3 Å². The van der Waals surface area contributed by atoms with E-state index in [0.29, 0.717) is 6.54 Å². The minimum absolute atomic E-state index is 0.0727. The van der Waals surface area contributed by atoms with E-state index in [1.54, 1.807) is 23.1 Å². The van der Waals surface area contributed by atoms with Gasteiger partial charge >= 0.3 is 6.18 Å². The maximum Gasteiger partial charge on any atom is 0.419 e. The van der Waals surface area contributed by atoms with Crippen molar-refractivity contribution in [2.75, 3.05) is 6.61 Å². The SMILES string of the molecule is OCc1ccc(OCCn2cccn2)c(C(F)(F)F)c1. The molecule has 0 unspecified atom stereocenters. The third-order valence-corrected chi connectivity index (χ3v) is 2.67. The highest BCUT2D eigenvalue weighted by Gasteiger charge is 2.34. The van der Waals surface area contributed by atoms with Crippen LogP contribution in [-0.4, -0.2) is 21.5 Å². The summed E-state index contributed by atoms with van der Waals surface area (Å²) >= 11 is 0. The molecule has 0 atom stereocenters. The number of nitrogens with zero attached hydrogens (tertiary/aromatic N) is 2. The van der Waals surface area contributed by atoms with Crippen LogP contribution in [-0.2, 0) is 19.3 Å². The van der Waals surface area contributed by atoms with Crippen LogP contribution in [0.15, 0.2) is 36.7 Å². The zero-order valence-electron chi connectivity index (χ0n) is 10.5. The molecule has 0 spiro atoms. The fraction of sp³-hybridized carbons (Fsp3) is 0.308. The molecule has 108 valence electrons. The highest BCUT2D eigenvalue weighted by Crippen LogP contribution is 2.36. The lowest BCUT2D eigenvalue weighted by molar-refractivity contribution is -0.139. The summed E-state index contributed by atoms with van der Waals surface area (Å²) in [6, 6.07) is 5.23. The summed E-state index contributed by atoms with van der Waals surface area (Å²) in [5.74, 6) is -0.248. The Bertz CT molecular complexity index is 553. The Morgan fingerprint density at radius 3 is 2.70 bits per heavy atom. The molecular weight excluding hydrogens is 273 g/mol. The predicted molar refractivity (Wildman–Crippen MR) is 65.1 cm³/mol. The lowest BCUT2D eigenvalue weighted by atomic mass is 10.1. The van der Waals surface area contributed by atoms with Crippen molar-refractivity contribution in [1.82, 2.24) is 9.78 Å². The molecule has 0 saturated carbocycles. The monoisotopic (exact) mass is 286 g/mol. The Morgan fingerprint density at radius 2 is 2.10 bits per heavy atom. The van der Waals surface area contributed by atoms with Crippen molar-refractivity contribution in [3.8, 4) is 5.75 Å². The first kappa shape index (κ1) is 14.4. The van der Waals surface area contributed by atoms with E-state index >= 15 is 0 Å². The topological polar surface area (TPSA) is 47.3 Å². The van der Waals surface area contributed by atoms with Gasteiger partial charge in [0.15, 0.2) is 0 Å². The summed E-state index contributed by atoms with van der Waals surface area (Å²) in [6.45, 7) is -0.0219. The molecule has 1 N–H and O–H groups in total. The second-order valence-corrected chi connectivity index (χ2v) is 4.10. The van der Waals surface area contributed by atoms with Gasteiger partial charge in [0.1, 0.15) is 12.4 Å². The summed E-state index contributed by atoms with van der Waals surface area (Å²) in [7, 11) is 0. The Labute approximate surface area is 113 Å². The number of hydrogen-bond acceptors (Lipinski definition) is 3. The number of aliphatic hydroxyl groups excluding tert-OH is 1. The van der Waals surface area contributed by atoms with Crippen LogP contribution in [0.2, 0.25) is 0 Å². The van der Waals surface area contributed by atoms with Gasteiger partial charge < -0.3 is 9.84 Å². The fourth-order valence-corrected chi connectivity index (χ4v) is 1.70. The van der Waals surface area contributed by atoms with E-state index in [2.05, 4.69) is 5.10 Å². The van der Waals surface area contributed by atoms with Gasteiger partial charge in [0.25, 0.3) is 0 Å². The third-order valence-electron chi connectivity index (χ3n) is 2.67. The van der Waals surface area contributed by atoms with E-state index in [1.165, 1.54) is 12.1 Å². The van der Waals surface area contributed by atoms with Gasteiger partial charge in [-0.25, -0.2) is 0 Å². The Morgan fingerprint density at radius 1 is 1.30 bits per heavy atom. The first-order valence-corrected chi connectivity index (χ1v) is 5.92. The summed E-state index contributed by atoms with van der Waals surface area (Å²) in [5.41, 5.74) is -0.693. The number of ether oxygens (including phenoxy) is 1. The van der Waals surface area contributed by atoms with Crippen LogP contribution >= 0.6 is 0 Å². The average Bonchev–Trinajstić information content (AvgIpc) is 2.91. The maximum atomic E-state index is 12.9. The predicted octanol–water partition coefficient (Wildman–Crippen LogP) is 2.47. The largest absolute Gasteiger partial charge is 0.491 e. The number of hydrogen-bond donors (Lipinski definition) is 1. The maximum absolute atomic E-state index is 12.9. The second-order valence-electron chi connectivity index (χ2n) is 4.10. The molecule has 1 heterocycles. The van der Waals surface area contributed by atoms with Gasteiger partial charge in [0.05, 0.1) is 18.7 Å². The molecule has 20 heavy (non-hydrogen) atoms. The van der Waals surface area contributed by atoms with Crippen LogP contribution in [0.1, 0.15) is 11.1 Å². The van der Waals surface area contributed by atoms with Gasteiger partial charge in [-0.2, -0.15) is 18.3 Å².